The lowest BCUT2D eigenvalue weighted by molar-refractivity contribution is 0.0318. The minimum Gasteiger partial charge on any atom is -0.494 e. The quantitative estimate of drug-likeness (QED) is 0.531. The molecule has 2 aromatic rings. The summed E-state index contributed by atoms with van der Waals surface area (Å²) in [4.78, 5) is 24.7. The lowest BCUT2D eigenvalue weighted by atomic mass is 10.1. The van der Waals surface area contributed by atoms with Crippen LogP contribution in [-0.2, 0) is 4.74 Å². The lowest BCUT2D eigenvalue weighted by Crippen LogP contribution is -2.24. The Labute approximate surface area is 152 Å². The van der Waals surface area contributed by atoms with Crippen LogP contribution in [0.4, 0.5) is 0 Å². The summed E-state index contributed by atoms with van der Waals surface area (Å²) < 4.78 is 20.9. The SMILES string of the molecule is CCOc1ccc(C(=O)[C@@H](C)OC(=O)c2ccc(OC)c(OC)c2)cc1. The zero-order valence-corrected chi connectivity index (χ0v) is 15.3. The van der Waals surface area contributed by atoms with Gasteiger partial charge in [0.25, 0.3) is 0 Å². The Morgan fingerprint density at radius 3 is 2.12 bits per heavy atom. The summed E-state index contributed by atoms with van der Waals surface area (Å²) in [7, 11) is 2.98. The van der Waals surface area contributed by atoms with E-state index in [-0.39, 0.29) is 11.3 Å². The lowest BCUT2D eigenvalue weighted by Gasteiger charge is -2.14. The molecule has 0 unspecified atom stereocenters. The number of methoxy groups -OCH3 is 2. The molecule has 0 N–H and O–H groups in total. The number of Topliss-reactive ketones (excluding diaryl/α,β-unsaturated/α-hetero) is 1. The van der Waals surface area contributed by atoms with E-state index in [0.717, 1.165) is 0 Å². The summed E-state index contributed by atoms with van der Waals surface area (Å²) >= 11 is 0. The highest BCUT2D eigenvalue weighted by atomic mass is 16.5. The predicted octanol–water partition coefficient (Wildman–Crippen LogP) is 3.53. The molecule has 0 aliphatic carbocycles. The number of carbonyl (C=O) groups excluding carboxylic acids is 2. The van der Waals surface area contributed by atoms with Gasteiger partial charge in [0.2, 0.25) is 5.78 Å². The highest BCUT2D eigenvalue weighted by molar-refractivity contribution is 6.01. The second-order valence-electron chi connectivity index (χ2n) is 5.44. The molecular weight excluding hydrogens is 336 g/mol. The van der Waals surface area contributed by atoms with Crippen molar-refractivity contribution in [3.63, 3.8) is 0 Å². The number of carbonyl (C=O) groups is 2. The Morgan fingerprint density at radius 2 is 1.54 bits per heavy atom. The number of rotatable bonds is 8. The van der Waals surface area contributed by atoms with Crippen molar-refractivity contribution in [1.82, 2.24) is 0 Å². The smallest absolute Gasteiger partial charge is 0.338 e. The van der Waals surface area contributed by atoms with Gasteiger partial charge in [-0.2, -0.15) is 0 Å². The standard InChI is InChI=1S/C20H22O6/c1-5-25-16-9-6-14(7-10-16)19(21)13(2)26-20(22)15-8-11-17(23-3)18(12-15)24-4/h6-13H,5H2,1-4H3/t13-/m1/s1. The van der Waals surface area contributed by atoms with E-state index in [2.05, 4.69) is 0 Å². The number of esters is 1. The molecule has 138 valence electrons. The van der Waals surface area contributed by atoms with Crippen LogP contribution in [0.15, 0.2) is 42.5 Å². The van der Waals surface area contributed by atoms with Gasteiger partial charge in [0.05, 0.1) is 26.4 Å². The molecule has 2 rings (SSSR count). The molecule has 26 heavy (non-hydrogen) atoms. The maximum Gasteiger partial charge on any atom is 0.338 e. The van der Waals surface area contributed by atoms with Gasteiger partial charge in [-0.1, -0.05) is 0 Å². The fraction of sp³-hybridized carbons (Fsp3) is 0.300. The Balaban J connectivity index is 2.07. The number of benzene rings is 2. The molecule has 0 fully saturated rings. The fourth-order valence-corrected chi connectivity index (χ4v) is 2.36. The van der Waals surface area contributed by atoms with Gasteiger partial charge in [0, 0.05) is 5.56 Å². The molecular formula is C20H22O6. The molecule has 0 bridgehead atoms. The first kappa shape index (κ1) is 19.3. The average molecular weight is 358 g/mol. The molecule has 0 heterocycles. The first-order chi connectivity index (χ1) is 12.5. The summed E-state index contributed by atoms with van der Waals surface area (Å²) in [6.45, 7) is 3.97. The van der Waals surface area contributed by atoms with E-state index in [9.17, 15) is 9.59 Å². The summed E-state index contributed by atoms with van der Waals surface area (Å²) in [6, 6.07) is 11.4. The van der Waals surface area contributed by atoms with Crippen molar-refractivity contribution >= 4 is 11.8 Å². The largest absolute Gasteiger partial charge is 0.494 e. The molecule has 1 atom stereocenters. The van der Waals surface area contributed by atoms with E-state index >= 15 is 0 Å². The second kappa shape index (κ2) is 8.89. The van der Waals surface area contributed by atoms with Crippen LogP contribution in [0.5, 0.6) is 17.2 Å². The van der Waals surface area contributed by atoms with E-state index in [1.165, 1.54) is 27.2 Å². The van der Waals surface area contributed by atoms with Gasteiger partial charge in [0.1, 0.15) is 5.75 Å². The third-order valence-electron chi connectivity index (χ3n) is 3.72. The summed E-state index contributed by atoms with van der Waals surface area (Å²) in [6.07, 6.45) is -0.923. The van der Waals surface area contributed by atoms with Crippen molar-refractivity contribution in [2.24, 2.45) is 0 Å². The van der Waals surface area contributed by atoms with E-state index < -0.39 is 12.1 Å². The van der Waals surface area contributed by atoms with Crippen LogP contribution >= 0.6 is 0 Å². The molecule has 0 aliphatic heterocycles. The normalized spacial score (nSPS) is 11.4. The molecule has 0 saturated carbocycles. The van der Waals surface area contributed by atoms with Crippen LogP contribution < -0.4 is 14.2 Å². The van der Waals surface area contributed by atoms with Crippen LogP contribution in [0.2, 0.25) is 0 Å². The third-order valence-corrected chi connectivity index (χ3v) is 3.72. The Bertz CT molecular complexity index is 766. The van der Waals surface area contributed by atoms with Crippen molar-refractivity contribution in [2.75, 3.05) is 20.8 Å². The second-order valence-corrected chi connectivity index (χ2v) is 5.44. The van der Waals surface area contributed by atoms with Crippen LogP contribution in [-0.4, -0.2) is 38.7 Å². The van der Waals surface area contributed by atoms with Crippen molar-refractivity contribution in [1.29, 1.82) is 0 Å². The Morgan fingerprint density at radius 1 is 0.923 bits per heavy atom. The van der Waals surface area contributed by atoms with E-state index in [1.54, 1.807) is 36.4 Å². The van der Waals surface area contributed by atoms with Gasteiger partial charge < -0.3 is 18.9 Å². The average Bonchev–Trinajstić information content (AvgIpc) is 2.67. The summed E-state index contributed by atoms with van der Waals surface area (Å²) in [5.41, 5.74) is 0.718. The molecule has 6 nitrogen and oxygen atoms in total. The first-order valence-corrected chi connectivity index (χ1v) is 8.20. The van der Waals surface area contributed by atoms with E-state index in [0.29, 0.717) is 29.4 Å². The van der Waals surface area contributed by atoms with Gasteiger partial charge >= 0.3 is 5.97 Å². The highest BCUT2D eigenvalue weighted by Gasteiger charge is 2.21. The van der Waals surface area contributed by atoms with Gasteiger partial charge in [-0.25, -0.2) is 4.79 Å². The number of hydrogen-bond acceptors (Lipinski definition) is 6. The maximum absolute atomic E-state index is 12.4. The van der Waals surface area contributed by atoms with Crippen molar-refractivity contribution < 1.29 is 28.5 Å². The van der Waals surface area contributed by atoms with Crippen molar-refractivity contribution in [2.45, 2.75) is 20.0 Å². The Hall–Kier alpha value is -3.02. The minimum absolute atomic E-state index is 0.272. The monoisotopic (exact) mass is 358 g/mol. The molecule has 0 saturated heterocycles. The first-order valence-electron chi connectivity index (χ1n) is 8.20. The maximum atomic E-state index is 12.4. The molecule has 0 radical (unpaired) electrons. The zero-order valence-electron chi connectivity index (χ0n) is 15.3. The highest BCUT2D eigenvalue weighted by Crippen LogP contribution is 2.28. The minimum atomic E-state index is -0.923. The molecule has 0 aliphatic rings. The summed E-state index contributed by atoms with van der Waals surface area (Å²) in [5.74, 6) is 0.689. The molecule has 0 amide bonds. The van der Waals surface area contributed by atoms with E-state index in [4.69, 9.17) is 18.9 Å². The molecule has 0 aromatic heterocycles. The van der Waals surface area contributed by atoms with Crippen molar-refractivity contribution in [3.05, 3.63) is 53.6 Å². The van der Waals surface area contributed by atoms with E-state index in [1.807, 2.05) is 6.92 Å². The van der Waals surface area contributed by atoms with Gasteiger partial charge in [-0.15, -0.1) is 0 Å². The third kappa shape index (κ3) is 4.53. The van der Waals surface area contributed by atoms with Crippen LogP contribution in [0.25, 0.3) is 0 Å². The zero-order chi connectivity index (χ0) is 19.1. The summed E-state index contributed by atoms with van der Waals surface area (Å²) in [5, 5.41) is 0. The molecule has 0 spiro atoms. The Kier molecular flexibility index (Phi) is 6.60. The predicted molar refractivity (Wildman–Crippen MR) is 96.4 cm³/mol. The van der Waals surface area contributed by atoms with Crippen LogP contribution in [0.1, 0.15) is 34.6 Å². The number of ether oxygens (including phenoxy) is 4. The number of ketones is 1. The van der Waals surface area contributed by atoms with Gasteiger partial charge in [-0.3, -0.25) is 4.79 Å². The van der Waals surface area contributed by atoms with Crippen molar-refractivity contribution in [3.8, 4) is 17.2 Å². The van der Waals surface area contributed by atoms with Crippen LogP contribution in [0, 0.1) is 0 Å². The molecule has 6 heteroatoms. The fourth-order valence-electron chi connectivity index (χ4n) is 2.36. The molecule has 2 aromatic carbocycles. The topological polar surface area (TPSA) is 71.1 Å². The van der Waals surface area contributed by atoms with Gasteiger partial charge in [0.15, 0.2) is 17.6 Å². The van der Waals surface area contributed by atoms with Crippen LogP contribution in [0.3, 0.4) is 0 Å². The van der Waals surface area contributed by atoms with Gasteiger partial charge in [-0.05, 0) is 56.3 Å². The number of hydrogen-bond donors (Lipinski definition) is 0.